The summed E-state index contributed by atoms with van der Waals surface area (Å²) in [6, 6.07) is 10.9. The Morgan fingerprint density at radius 1 is 1.00 bits per heavy atom. The number of carbonyl (C=O) groups excluding carboxylic acids is 1. The van der Waals surface area contributed by atoms with E-state index < -0.39 is 15.9 Å². The number of carbonyl (C=O) groups is 1. The zero-order valence-electron chi connectivity index (χ0n) is 19.8. The second-order valence-electron chi connectivity index (χ2n) is 7.46. The Balaban J connectivity index is 2.35. The standard InChI is InChI=1S/C23H33N3O6S/c1-6-32-19-10-8-18(9-11-19)26(17-23(27)24-14-7-15-25(2)3)33(28,29)20-12-13-21(30-4)22(16-20)31-5/h8-13,16H,6-7,14-15,17H2,1-5H3,(H,24,27). The number of hydrogen-bond acceptors (Lipinski definition) is 7. The highest BCUT2D eigenvalue weighted by Gasteiger charge is 2.28. The second kappa shape index (κ2) is 12.3. The van der Waals surface area contributed by atoms with Crippen molar-refractivity contribution in [3.63, 3.8) is 0 Å². The molecule has 0 atom stereocenters. The summed E-state index contributed by atoms with van der Waals surface area (Å²) in [4.78, 5) is 14.6. The minimum Gasteiger partial charge on any atom is -0.494 e. The van der Waals surface area contributed by atoms with Crippen molar-refractivity contribution in [2.45, 2.75) is 18.2 Å². The number of anilines is 1. The molecule has 1 N–H and O–H groups in total. The Morgan fingerprint density at radius 2 is 1.67 bits per heavy atom. The molecule has 0 radical (unpaired) electrons. The Morgan fingerprint density at radius 3 is 2.24 bits per heavy atom. The highest BCUT2D eigenvalue weighted by atomic mass is 32.2. The highest BCUT2D eigenvalue weighted by molar-refractivity contribution is 7.92. The fraction of sp³-hybridized carbons (Fsp3) is 0.435. The molecule has 0 aliphatic heterocycles. The summed E-state index contributed by atoms with van der Waals surface area (Å²) in [5, 5.41) is 2.79. The smallest absolute Gasteiger partial charge is 0.264 e. The van der Waals surface area contributed by atoms with Gasteiger partial charge in [-0.25, -0.2) is 8.42 Å². The van der Waals surface area contributed by atoms with Crippen LogP contribution in [0.25, 0.3) is 0 Å². The first-order valence-corrected chi connectivity index (χ1v) is 12.1. The van der Waals surface area contributed by atoms with Gasteiger partial charge in [0, 0.05) is 12.6 Å². The Bertz CT molecular complexity index is 1010. The van der Waals surface area contributed by atoms with Crippen molar-refractivity contribution in [3.05, 3.63) is 42.5 Å². The first-order chi connectivity index (χ1) is 15.7. The molecule has 0 spiro atoms. The topological polar surface area (TPSA) is 97.4 Å². The molecule has 0 fully saturated rings. The number of hydrogen-bond donors (Lipinski definition) is 1. The van der Waals surface area contributed by atoms with Crippen molar-refractivity contribution in [3.8, 4) is 17.2 Å². The van der Waals surface area contributed by atoms with Crippen molar-refractivity contribution in [1.29, 1.82) is 0 Å². The maximum absolute atomic E-state index is 13.6. The molecule has 0 saturated carbocycles. The van der Waals surface area contributed by atoms with Crippen molar-refractivity contribution >= 4 is 21.6 Å². The fourth-order valence-corrected chi connectivity index (χ4v) is 4.54. The number of ether oxygens (including phenoxy) is 3. The lowest BCUT2D eigenvalue weighted by atomic mass is 10.3. The highest BCUT2D eigenvalue weighted by Crippen LogP contribution is 2.32. The number of benzene rings is 2. The van der Waals surface area contributed by atoms with Crippen molar-refractivity contribution in [2.24, 2.45) is 0 Å². The molecule has 0 bridgehead atoms. The zero-order chi connectivity index (χ0) is 24.4. The Kier molecular flexibility index (Phi) is 9.80. The minimum atomic E-state index is -4.09. The van der Waals surface area contributed by atoms with Crippen LogP contribution in [0, 0.1) is 0 Å². The lowest BCUT2D eigenvalue weighted by molar-refractivity contribution is -0.119. The van der Waals surface area contributed by atoms with Crippen LogP contribution in [0.5, 0.6) is 17.2 Å². The largest absolute Gasteiger partial charge is 0.494 e. The molecule has 2 aromatic rings. The molecular weight excluding hydrogens is 446 g/mol. The van der Waals surface area contributed by atoms with Gasteiger partial charge >= 0.3 is 0 Å². The predicted molar refractivity (Wildman–Crippen MR) is 128 cm³/mol. The number of nitrogens with one attached hydrogen (secondary N) is 1. The number of nitrogens with zero attached hydrogens (tertiary/aromatic N) is 2. The predicted octanol–water partition coefficient (Wildman–Crippen LogP) is 2.37. The molecule has 0 aromatic heterocycles. The molecule has 0 unspecified atom stereocenters. The summed E-state index contributed by atoms with van der Waals surface area (Å²) < 4.78 is 44.1. The van der Waals surface area contributed by atoms with E-state index in [2.05, 4.69) is 5.32 Å². The maximum atomic E-state index is 13.6. The van der Waals surface area contributed by atoms with Gasteiger partial charge in [-0.2, -0.15) is 0 Å². The molecule has 0 heterocycles. The number of methoxy groups -OCH3 is 2. The molecule has 2 aromatic carbocycles. The monoisotopic (exact) mass is 479 g/mol. The second-order valence-corrected chi connectivity index (χ2v) is 9.32. The van der Waals surface area contributed by atoms with E-state index in [1.807, 2.05) is 25.9 Å². The maximum Gasteiger partial charge on any atom is 0.264 e. The van der Waals surface area contributed by atoms with E-state index in [4.69, 9.17) is 14.2 Å². The zero-order valence-corrected chi connectivity index (χ0v) is 20.6. The van der Waals surface area contributed by atoms with Crippen LogP contribution >= 0.6 is 0 Å². The molecule has 182 valence electrons. The summed E-state index contributed by atoms with van der Waals surface area (Å²) >= 11 is 0. The van der Waals surface area contributed by atoms with Crippen LogP contribution in [-0.2, 0) is 14.8 Å². The van der Waals surface area contributed by atoms with Crippen molar-refractivity contribution in [1.82, 2.24) is 10.2 Å². The van der Waals surface area contributed by atoms with Crippen LogP contribution in [0.4, 0.5) is 5.69 Å². The van der Waals surface area contributed by atoms with Crippen LogP contribution in [0.3, 0.4) is 0 Å². The van der Waals surface area contributed by atoms with Gasteiger partial charge in [0.2, 0.25) is 5.91 Å². The third kappa shape index (κ3) is 7.26. The van der Waals surface area contributed by atoms with E-state index in [1.165, 1.54) is 32.4 Å². The minimum absolute atomic E-state index is 0.0190. The molecule has 0 saturated heterocycles. The molecule has 1 amide bonds. The van der Waals surface area contributed by atoms with E-state index in [0.717, 1.165) is 17.3 Å². The SMILES string of the molecule is CCOc1ccc(N(CC(=O)NCCCN(C)C)S(=O)(=O)c2ccc(OC)c(OC)c2)cc1. The van der Waals surface area contributed by atoms with Crippen LogP contribution in [-0.4, -0.2) is 73.8 Å². The van der Waals surface area contributed by atoms with E-state index in [-0.39, 0.29) is 17.2 Å². The third-order valence-corrected chi connectivity index (χ3v) is 6.54. The lowest BCUT2D eigenvalue weighted by Crippen LogP contribution is -2.41. The van der Waals surface area contributed by atoms with Crippen LogP contribution in [0.2, 0.25) is 0 Å². The molecule has 33 heavy (non-hydrogen) atoms. The van der Waals surface area contributed by atoms with Gasteiger partial charge in [0.25, 0.3) is 10.0 Å². The molecule has 2 rings (SSSR count). The first kappa shape index (κ1) is 26.3. The average Bonchev–Trinajstić information content (AvgIpc) is 2.80. The van der Waals surface area contributed by atoms with E-state index in [1.54, 1.807) is 24.3 Å². The van der Waals surface area contributed by atoms with Crippen LogP contribution in [0.1, 0.15) is 13.3 Å². The average molecular weight is 480 g/mol. The molecule has 0 aliphatic carbocycles. The van der Waals surface area contributed by atoms with Gasteiger partial charge in [-0.1, -0.05) is 0 Å². The molecule has 10 heteroatoms. The summed E-state index contributed by atoms with van der Waals surface area (Å²) in [6.07, 6.45) is 0.754. The first-order valence-electron chi connectivity index (χ1n) is 10.6. The van der Waals surface area contributed by atoms with Gasteiger partial charge < -0.3 is 24.4 Å². The number of rotatable bonds is 13. The van der Waals surface area contributed by atoms with Crippen LogP contribution in [0.15, 0.2) is 47.4 Å². The normalized spacial score (nSPS) is 11.2. The van der Waals surface area contributed by atoms with Gasteiger partial charge in [-0.3, -0.25) is 9.10 Å². The van der Waals surface area contributed by atoms with Crippen molar-refractivity contribution in [2.75, 3.05) is 58.9 Å². The summed E-state index contributed by atoms with van der Waals surface area (Å²) in [6.45, 7) is 3.24. The van der Waals surface area contributed by atoms with E-state index in [9.17, 15) is 13.2 Å². The van der Waals surface area contributed by atoms with Gasteiger partial charge in [-0.15, -0.1) is 0 Å². The third-order valence-electron chi connectivity index (χ3n) is 4.77. The summed E-state index contributed by atoms with van der Waals surface area (Å²) in [5.41, 5.74) is 0.344. The number of amides is 1. The Hall–Kier alpha value is -2.98. The molecule has 9 nitrogen and oxygen atoms in total. The van der Waals surface area contributed by atoms with E-state index >= 15 is 0 Å². The van der Waals surface area contributed by atoms with E-state index in [0.29, 0.717) is 30.3 Å². The van der Waals surface area contributed by atoms with Gasteiger partial charge in [0.1, 0.15) is 12.3 Å². The van der Waals surface area contributed by atoms with Crippen molar-refractivity contribution < 1.29 is 27.4 Å². The quantitative estimate of drug-likeness (QED) is 0.441. The molecular formula is C23H33N3O6S. The summed E-state index contributed by atoms with van der Waals surface area (Å²) in [5.74, 6) is 0.894. The van der Waals surface area contributed by atoms with Gasteiger partial charge in [0.05, 0.1) is 31.4 Å². The lowest BCUT2D eigenvalue weighted by Gasteiger charge is -2.25. The fourth-order valence-electron chi connectivity index (χ4n) is 3.10. The molecule has 0 aliphatic rings. The summed E-state index contributed by atoms with van der Waals surface area (Å²) in [7, 11) is 2.71. The Labute approximate surface area is 196 Å². The number of sulfonamides is 1. The van der Waals surface area contributed by atoms with Gasteiger partial charge in [-0.05, 0) is 70.4 Å². The van der Waals surface area contributed by atoms with Crippen LogP contribution < -0.4 is 23.8 Å². The van der Waals surface area contributed by atoms with Gasteiger partial charge in [0.15, 0.2) is 11.5 Å².